The lowest BCUT2D eigenvalue weighted by molar-refractivity contribution is 0.218. The smallest absolute Gasteiger partial charge is 0.145 e. The maximum absolute atomic E-state index is 12.8. The molecule has 1 heterocycles. The van der Waals surface area contributed by atoms with Gasteiger partial charge in [0.2, 0.25) is 0 Å². The van der Waals surface area contributed by atoms with Crippen LogP contribution in [0.25, 0.3) is 0 Å². The zero-order valence-corrected chi connectivity index (χ0v) is 10.3. The summed E-state index contributed by atoms with van der Waals surface area (Å²) in [5.41, 5.74) is 5.70. The first-order valence-electron chi connectivity index (χ1n) is 5.37. The lowest BCUT2D eigenvalue weighted by atomic mass is 10.2. The first kappa shape index (κ1) is 12.1. The topological polar surface area (TPSA) is 35.2 Å². The summed E-state index contributed by atoms with van der Waals surface area (Å²) in [6.07, 6.45) is -0.167. The summed E-state index contributed by atoms with van der Waals surface area (Å²) in [5.74, 6) is 0.363. The van der Waals surface area contributed by atoms with E-state index in [1.807, 2.05) is 19.1 Å². The first-order chi connectivity index (χ1) is 8.19. The second-order valence-electron chi connectivity index (χ2n) is 3.74. The molecule has 2 aromatic rings. The third-order valence-corrected chi connectivity index (χ3v) is 3.48. The molecule has 0 fully saturated rings. The molecule has 1 atom stereocenters. The zero-order valence-electron chi connectivity index (χ0n) is 9.52. The lowest BCUT2D eigenvalue weighted by Gasteiger charge is -2.15. The van der Waals surface area contributed by atoms with E-state index in [1.54, 1.807) is 23.5 Å². The Balaban J connectivity index is 2.12. The number of hydrogen-bond donors (Lipinski definition) is 1. The van der Waals surface area contributed by atoms with Gasteiger partial charge in [-0.25, -0.2) is 4.39 Å². The van der Waals surface area contributed by atoms with Crippen molar-refractivity contribution < 1.29 is 9.13 Å². The van der Waals surface area contributed by atoms with Gasteiger partial charge >= 0.3 is 0 Å². The van der Waals surface area contributed by atoms with Gasteiger partial charge < -0.3 is 10.5 Å². The molecule has 4 heteroatoms. The van der Waals surface area contributed by atoms with Crippen LogP contribution in [0.5, 0.6) is 5.75 Å². The van der Waals surface area contributed by atoms with Gasteiger partial charge in [0.1, 0.15) is 17.7 Å². The predicted molar refractivity (Wildman–Crippen MR) is 67.9 cm³/mol. The Bertz CT molecular complexity index is 480. The molecule has 0 amide bonds. The molecule has 0 aliphatic rings. The van der Waals surface area contributed by atoms with Crippen LogP contribution in [0.2, 0.25) is 0 Å². The van der Waals surface area contributed by atoms with Crippen molar-refractivity contribution in [1.29, 1.82) is 0 Å². The van der Waals surface area contributed by atoms with Gasteiger partial charge in [-0.2, -0.15) is 0 Å². The monoisotopic (exact) mass is 251 g/mol. The molecule has 0 aliphatic carbocycles. The highest BCUT2D eigenvalue weighted by Gasteiger charge is 2.13. The van der Waals surface area contributed by atoms with E-state index in [4.69, 9.17) is 10.5 Å². The second kappa shape index (κ2) is 5.29. The molecule has 2 rings (SSSR count). The van der Waals surface area contributed by atoms with Crippen LogP contribution in [-0.2, 0) is 0 Å². The molecule has 17 heavy (non-hydrogen) atoms. The van der Waals surface area contributed by atoms with E-state index >= 15 is 0 Å². The van der Waals surface area contributed by atoms with Crippen LogP contribution in [0.3, 0.4) is 0 Å². The normalized spacial score (nSPS) is 12.4. The number of halogens is 1. The number of aryl methyl sites for hydroxylation is 1. The molecule has 0 radical (unpaired) electrons. The molecule has 2 N–H and O–H groups in total. The van der Waals surface area contributed by atoms with Gasteiger partial charge in [-0.1, -0.05) is 0 Å². The molecule has 1 unspecified atom stereocenters. The Labute approximate surface area is 104 Å². The summed E-state index contributed by atoms with van der Waals surface area (Å²) < 4.78 is 18.5. The van der Waals surface area contributed by atoms with E-state index in [9.17, 15) is 4.39 Å². The van der Waals surface area contributed by atoms with Crippen LogP contribution in [0, 0.1) is 12.7 Å². The molecule has 0 saturated heterocycles. The molecule has 1 aromatic carbocycles. The summed E-state index contributed by atoms with van der Waals surface area (Å²) in [7, 11) is 0. The lowest BCUT2D eigenvalue weighted by Crippen LogP contribution is -2.17. The second-order valence-corrected chi connectivity index (χ2v) is 5.06. The minimum absolute atomic E-state index is 0.167. The Morgan fingerprint density at radius 1 is 1.24 bits per heavy atom. The number of nitrogens with two attached hydrogens (primary N) is 1. The van der Waals surface area contributed by atoms with E-state index in [1.165, 1.54) is 17.0 Å². The number of ether oxygens (including phenoxy) is 1. The highest BCUT2D eigenvalue weighted by molar-refractivity contribution is 7.12. The number of hydrogen-bond acceptors (Lipinski definition) is 3. The highest BCUT2D eigenvalue weighted by atomic mass is 32.1. The van der Waals surface area contributed by atoms with Gasteiger partial charge in [0, 0.05) is 16.3 Å². The highest BCUT2D eigenvalue weighted by Crippen LogP contribution is 2.26. The van der Waals surface area contributed by atoms with E-state index in [-0.39, 0.29) is 11.9 Å². The van der Waals surface area contributed by atoms with Crippen LogP contribution < -0.4 is 10.5 Å². The minimum Gasteiger partial charge on any atom is -0.484 e. The minimum atomic E-state index is -0.270. The van der Waals surface area contributed by atoms with Crippen molar-refractivity contribution >= 4 is 11.3 Å². The molecule has 0 bridgehead atoms. The predicted octanol–water partition coefficient (Wildman–Crippen LogP) is 3.27. The largest absolute Gasteiger partial charge is 0.484 e. The maximum atomic E-state index is 12.8. The molecule has 1 aromatic heterocycles. The Kier molecular flexibility index (Phi) is 3.76. The van der Waals surface area contributed by atoms with Gasteiger partial charge in [0.05, 0.1) is 0 Å². The summed E-state index contributed by atoms with van der Waals surface area (Å²) in [5, 5.41) is 0. The number of rotatable bonds is 4. The molecule has 2 nitrogen and oxygen atoms in total. The standard InChI is InChI=1S/C13H14FNOS/c1-9-2-7-13(17-9)12(8-15)16-11-5-3-10(14)4-6-11/h2-7,12H,8,15H2,1H3. The Morgan fingerprint density at radius 2 is 1.94 bits per heavy atom. The van der Waals surface area contributed by atoms with Crippen molar-refractivity contribution in [2.45, 2.75) is 13.0 Å². The third-order valence-electron chi connectivity index (χ3n) is 2.38. The van der Waals surface area contributed by atoms with Gasteiger partial charge in [0.25, 0.3) is 0 Å². The summed E-state index contributed by atoms with van der Waals surface area (Å²) >= 11 is 1.66. The average Bonchev–Trinajstić information content (AvgIpc) is 2.75. The maximum Gasteiger partial charge on any atom is 0.145 e. The van der Waals surface area contributed by atoms with Crippen LogP contribution in [0.4, 0.5) is 4.39 Å². The van der Waals surface area contributed by atoms with E-state index in [0.717, 1.165) is 4.88 Å². The van der Waals surface area contributed by atoms with Crippen molar-refractivity contribution in [2.24, 2.45) is 5.73 Å². The molecule has 90 valence electrons. The van der Waals surface area contributed by atoms with E-state index < -0.39 is 0 Å². The molecular formula is C13H14FNOS. The fraction of sp³-hybridized carbons (Fsp3) is 0.231. The van der Waals surface area contributed by atoms with Crippen molar-refractivity contribution in [3.8, 4) is 5.75 Å². The van der Waals surface area contributed by atoms with Crippen LogP contribution in [0.15, 0.2) is 36.4 Å². The van der Waals surface area contributed by atoms with E-state index in [0.29, 0.717) is 12.3 Å². The van der Waals surface area contributed by atoms with E-state index in [2.05, 4.69) is 0 Å². The van der Waals surface area contributed by atoms with Crippen LogP contribution >= 0.6 is 11.3 Å². The van der Waals surface area contributed by atoms with Gasteiger partial charge in [-0.3, -0.25) is 0 Å². The van der Waals surface area contributed by atoms with Gasteiger partial charge in [0.15, 0.2) is 0 Å². The molecule has 0 saturated carbocycles. The van der Waals surface area contributed by atoms with Crippen LogP contribution in [0.1, 0.15) is 15.9 Å². The Morgan fingerprint density at radius 3 is 2.47 bits per heavy atom. The van der Waals surface area contributed by atoms with Crippen molar-refractivity contribution in [2.75, 3.05) is 6.54 Å². The summed E-state index contributed by atoms with van der Waals surface area (Å²) in [4.78, 5) is 2.32. The SMILES string of the molecule is Cc1ccc(C(CN)Oc2ccc(F)cc2)s1. The third kappa shape index (κ3) is 3.05. The molecule has 0 spiro atoms. The fourth-order valence-corrected chi connectivity index (χ4v) is 2.45. The molecular weight excluding hydrogens is 237 g/mol. The van der Waals surface area contributed by atoms with Crippen molar-refractivity contribution in [3.63, 3.8) is 0 Å². The quantitative estimate of drug-likeness (QED) is 0.905. The number of thiophene rings is 1. The zero-order chi connectivity index (χ0) is 12.3. The fourth-order valence-electron chi connectivity index (χ4n) is 1.53. The van der Waals surface area contributed by atoms with Gasteiger partial charge in [-0.05, 0) is 43.3 Å². The summed E-state index contributed by atoms with van der Waals surface area (Å²) in [6, 6.07) is 10.0. The Hall–Kier alpha value is -1.39. The van der Waals surface area contributed by atoms with Crippen molar-refractivity contribution in [1.82, 2.24) is 0 Å². The molecule has 0 aliphatic heterocycles. The van der Waals surface area contributed by atoms with Crippen LogP contribution in [-0.4, -0.2) is 6.54 Å². The van der Waals surface area contributed by atoms with Gasteiger partial charge in [-0.15, -0.1) is 11.3 Å². The average molecular weight is 251 g/mol. The number of benzene rings is 1. The summed E-state index contributed by atoms with van der Waals surface area (Å²) in [6.45, 7) is 2.44. The first-order valence-corrected chi connectivity index (χ1v) is 6.19. The van der Waals surface area contributed by atoms with Crippen molar-refractivity contribution in [3.05, 3.63) is 52.0 Å².